The fraction of sp³-hybridized carbons (Fsp3) is 0.476. The molecule has 0 aliphatic carbocycles. The number of carbonyl (C=O) groups is 2. The number of halogens is 1. The van der Waals surface area contributed by atoms with Gasteiger partial charge in [-0.25, -0.2) is 9.78 Å². The number of hydrogen-bond acceptors (Lipinski definition) is 5. The molecule has 2 heterocycles. The van der Waals surface area contributed by atoms with Crippen molar-refractivity contribution in [1.82, 2.24) is 20.2 Å². The Labute approximate surface area is 184 Å². The number of methoxy groups -OCH3 is 2. The van der Waals surface area contributed by atoms with Gasteiger partial charge in [-0.15, -0.1) is 0 Å². The SMILES string of the molecule is COC(=O)N[C@H](C(=O)N1C[C@@H](OC)CC1c1ncc(-c2ccc(Br)cc2)[nH]1)C(C)C. The summed E-state index contributed by atoms with van der Waals surface area (Å²) in [5.41, 5.74) is 1.88. The molecule has 0 bridgehead atoms. The summed E-state index contributed by atoms with van der Waals surface area (Å²) in [4.78, 5) is 34.7. The van der Waals surface area contributed by atoms with Gasteiger partial charge in [0, 0.05) is 24.5 Å². The first kappa shape index (κ1) is 22.3. The summed E-state index contributed by atoms with van der Waals surface area (Å²) < 4.78 is 11.2. The summed E-state index contributed by atoms with van der Waals surface area (Å²) in [6, 6.07) is 6.95. The van der Waals surface area contributed by atoms with Gasteiger partial charge in [-0.3, -0.25) is 4.79 Å². The van der Waals surface area contributed by atoms with Gasteiger partial charge in [-0.1, -0.05) is 41.9 Å². The second-order valence-electron chi connectivity index (χ2n) is 7.65. The number of H-pyrrole nitrogens is 1. The van der Waals surface area contributed by atoms with Crippen LogP contribution in [0, 0.1) is 5.92 Å². The first-order chi connectivity index (χ1) is 14.3. The molecule has 30 heavy (non-hydrogen) atoms. The third-order valence-corrected chi connectivity index (χ3v) is 5.87. The normalized spacial score (nSPS) is 19.7. The maximum absolute atomic E-state index is 13.4. The fourth-order valence-electron chi connectivity index (χ4n) is 3.63. The third-order valence-electron chi connectivity index (χ3n) is 5.34. The zero-order chi connectivity index (χ0) is 21.8. The van der Waals surface area contributed by atoms with E-state index in [0.717, 1.165) is 15.7 Å². The van der Waals surface area contributed by atoms with Crippen LogP contribution >= 0.6 is 15.9 Å². The van der Waals surface area contributed by atoms with Crippen LogP contribution in [0.1, 0.15) is 32.1 Å². The second-order valence-corrected chi connectivity index (χ2v) is 8.56. The molecular weight excluding hydrogens is 452 g/mol. The molecule has 1 aliphatic heterocycles. The lowest BCUT2D eigenvalue weighted by atomic mass is 10.0. The van der Waals surface area contributed by atoms with Crippen LogP contribution in [0.3, 0.4) is 0 Å². The maximum Gasteiger partial charge on any atom is 0.407 e. The molecule has 0 spiro atoms. The molecule has 3 atom stereocenters. The van der Waals surface area contributed by atoms with E-state index < -0.39 is 12.1 Å². The molecule has 1 aliphatic rings. The van der Waals surface area contributed by atoms with Gasteiger partial charge < -0.3 is 24.7 Å². The van der Waals surface area contributed by atoms with Gasteiger partial charge in [-0.2, -0.15) is 0 Å². The molecule has 0 radical (unpaired) electrons. The molecule has 1 unspecified atom stereocenters. The molecule has 1 aromatic heterocycles. The van der Waals surface area contributed by atoms with E-state index in [-0.39, 0.29) is 24.0 Å². The summed E-state index contributed by atoms with van der Waals surface area (Å²) in [7, 11) is 2.92. The molecule has 2 N–H and O–H groups in total. The molecule has 162 valence electrons. The zero-order valence-corrected chi connectivity index (χ0v) is 19.1. The Bertz CT molecular complexity index is 883. The summed E-state index contributed by atoms with van der Waals surface area (Å²) in [6.07, 6.45) is 1.66. The number of aromatic nitrogens is 2. The van der Waals surface area contributed by atoms with Crippen LogP contribution in [0.4, 0.5) is 4.79 Å². The molecule has 1 fully saturated rings. The highest BCUT2D eigenvalue weighted by Crippen LogP contribution is 2.34. The first-order valence-electron chi connectivity index (χ1n) is 9.82. The minimum absolute atomic E-state index is 0.103. The van der Waals surface area contributed by atoms with E-state index in [2.05, 4.69) is 31.2 Å². The van der Waals surface area contributed by atoms with Crippen molar-refractivity contribution in [2.75, 3.05) is 20.8 Å². The highest BCUT2D eigenvalue weighted by atomic mass is 79.9. The van der Waals surface area contributed by atoms with Crippen LogP contribution in [0.2, 0.25) is 0 Å². The van der Waals surface area contributed by atoms with E-state index in [1.54, 1.807) is 18.2 Å². The van der Waals surface area contributed by atoms with Crippen LogP contribution in [0.5, 0.6) is 0 Å². The topological polar surface area (TPSA) is 96.6 Å². The predicted molar refractivity (Wildman–Crippen MR) is 116 cm³/mol. The largest absolute Gasteiger partial charge is 0.453 e. The van der Waals surface area contributed by atoms with Gasteiger partial charge in [0.1, 0.15) is 11.9 Å². The van der Waals surface area contributed by atoms with Gasteiger partial charge in [0.05, 0.1) is 31.1 Å². The van der Waals surface area contributed by atoms with Gasteiger partial charge in [0.25, 0.3) is 0 Å². The van der Waals surface area contributed by atoms with Crippen molar-refractivity contribution in [1.29, 1.82) is 0 Å². The Kier molecular flexibility index (Phi) is 7.14. The average molecular weight is 479 g/mol. The van der Waals surface area contributed by atoms with Crippen molar-refractivity contribution in [3.8, 4) is 11.3 Å². The van der Waals surface area contributed by atoms with Gasteiger partial charge in [0.2, 0.25) is 5.91 Å². The number of ether oxygens (including phenoxy) is 2. The number of hydrogen-bond donors (Lipinski definition) is 2. The standard InChI is InChI=1S/C21H27BrN4O4/c1-12(2)18(25-21(28)30-4)20(27)26-11-15(29-3)9-17(26)19-23-10-16(24-19)13-5-7-14(22)8-6-13/h5-8,10,12,15,17-18H,9,11H2,1-4H3,(H,23,24)(H,25,28)/t15-,17?,18-/m0/s1. The van der Waals surface area contributed by atoms with Crippen LogP contribution < -0.4 is 5.32 Å². The Morgan fingerprint density at radius 3 is 2.57 bits per heavy atom. The molecule has 9 heteroatoms. The summed E-state index contributed by atoms with van der Waals surface area (Å²) in [5.74, 6) is 0.414. The molecule has 2 aromatic rings. The first-order valence-corrected chi connectivity index (χ1v) is 10.6. The molecule has 1 aromatic carbocycles. The Hall–Kier alpha value is -2.39. The summed E-state index contributed by atoms with van der Waals surface area (Å²) >= 11 is 3.44. The van der Waals surface area contributed by atoms with Gasteiger partial charge in [0.15, 0.2) is 0 Å². The fourth-order valence-corrected chi connectivity index (χ4v) is 3.90. The minimum Gasteiger partial charge on any atom is -0.453 e. The zero-order valence-electron chi connectivity index (χ0n) is 17.5. The number of carbonyl (C=O) groups excluding carboxylic acids is 2. The number of likely N-dealkylation sites (tertiary alicyclic amines) is 1. The molecule has 0 saturated carbocycles. The number of nitrogens with one attached hydrogen (secondary N) is 2. The van der Waals surface area contributed by atoms with Crippen LogP contribution in [-0.2, 0) is 14.3 Å². The van der Waals surface area contributed by atoms with Crippen LogP contribution in [0.15, 0.2) is 34.9 Å². The lowest BCUT2D eigenvalue weighted by Crippen LogP contribution is -2.51. The molecule has 1 saturated heterocycles. The number of rotatable bonds is 6. The van der Waals surface area contributed by atoms with Crippen molar-refractivity contribution < 1.29 is 19.1 Å². The van der Waals surface area contributed by atoms with E-state index in [9.17, 15) is 9.59 Å². The smallest absolute Gasteiger partial charge is 0.407 e. The number of amides is 2. The summed E-state index contributed by atoms with van der Waals surface area (Å²) in [6.45, 7) is 4.20. The van der Waals surface area contributed by atoms with Crippen molar-refractivity contribution in [3.05, 3.63) is 40.8 Å². The van der Waals surface area contributed by atoms with Gasteiger partial charge >= 0.3 is 6.09 Å². The number of nitrogens with zero attached hydrogens (tertiary/aromatic N) is 2. The number of imidazole rings is 1. The second kappa shape index (κ2) is 9.61. The van der Waals surface area contributed by atoms with E-state index in [1.807, 2.05) is 38.1 Å². The molecular formula is C21H27BrN4O4. The van der Waals surface area contributed by atoms with Crippen molar-refractivity contribution in [2.24, 2.45) is 5.92 Å². The van der Waals surface area contributed by atoms with E-state index in [4.69, 9.17) is 9.47 Å². The van der Waals surface area contributed by atoms with Gasteiger partial charge in [-0.05, 0) is 23.6 Å². The third kappa shape index (κ3) is 4.84. The van der Waals surface area contributed by atoms with Crippen LogP contribution in [0.25, 0.3) is 11.3 Å². The Balaban J connectivity index is 1.86. The average Bonchev–Trinajstić information content (AvgIpc) is 3.38. The van der Waals surface area contributed by atoms with E-state index in [0.29, 0.717) is 18.8 Å². The number of alkyl carbamates (subject to hydrolysis) is 1. The molecule has 2 amide bonds. The minimum atomic E-state index is -0.698. The Morgan fingerprint density at radius 1 is 1.27 bits per heavy atom. The summed E-state index contributed by atoms with van der Waals surface area (Å²) in [5, 5.41) is 2.66. The number of aromatic amines is 1. The highest BCUT2D eigenvalue weighted by Gasteiger charge is 2.41. The van der Waals surface area contributed by atoms with E-state index in [1.165, 1.54) is 7.11 Å². The monoisotopic (exact) mass is 478 g/mol. The Morgan fingerprint density at radius 2 is 1.97 bits per heavy atom. The lowest BCUT2D eigenvalue weighted by Gasteiger charge is -2.29. The quantitative estimate of drug-likeness (QED) is 0.661. The van der Waals surface area contributed by atoms with Crippen molar-refractivity contribution >= 4 is 27.9 Å². The molecule has 3 rings (SSSR count). The van der Waals surface area contributed by atoms with E-state index >= 15 is 0 Å². The maximum atomic E-state index is 13.4. The highest BCUT2D eigenvalue weighted by molar-refractivity contribution is 9.10. The lowest BCUT2D eigenvalue weighted by molar-refractivity contribution is -0.135. The number of benzene rings is 1. The van der Waals surface area contributed by atoms with Crippen LogP contribution in [-0.4, -0.2) is 59.8 Å². The van der Waals surface area contributed by atoms with Crippen molar-refractivity contribution in [2.45, 2.75) is 38.5 Å². The molecule has 8 nitrogen and oxygen atoms in total. The predicted octanol–water partition coefficient (Wildman–Crippen LogP) is 3.51. The van der Waals surface area contributed by atoms with Crippen molar-refractivity contribution in [3.63, 3.8) is 0 Å².